The smallest absolute Gasteiger partial charge is 0.0930 e. The van der Waals surface area contributed by atoms with E-state index < -0.39 is 0 Å². The fourth-order valence-corrected chi connectivity index (χ4v) is 1.76. The molecule has 0 N–H and O–H groups in total. The highest BCUT2D eigenvalue weighted by Crippen LogP contribution is 2.29. The van der Waals surface area contributed by atoms with Crippen molar-refractivity contribution in [3.8, 4) is 0 Å². The predicted octanol–water partition coefficient (Wildman–Crippen LogP) is 2.63. The lowest BCUT2D eigenvalue weighted by Crippen LogP contribution is -2.20. The maximum absolute atomic E-state index is 10.9. The number of rotatable bonds is 1. The third-order valence-corrected chi connectivity index (χ3v) is 2.66. The molecule has 10 heavy (non-hydrogen) atoms. The summed E-state index contributed by atoms with van der Waals surface area (Å²) in [5, 5.41) is 10.9. The Bertz CT molecular complexity index is 90.9. The Kier molecular flexibility index (Phi) is 2.72. The minimum Gasteiger partial charge on any atom is -0.233 e. The van der Waals surface area contributed by atoms with Crippen molar-refractivity contribution in [3.05, 3.63) is 0 Å². The van der Waals surface area contributed by atoms with Crippen LogP contribution >= 0.6 is 0 Å². The van der Waals surface area contributed by atoms with Crippen LogP contribution in [-0.4, -0.2) is 6.10 Å². The van der Waals surface area contributed by atoms with Crippen molar-refractivity contribution in [3.63, 3.8) is 0 Å². The second kappa shape index (κ2) is 3.38. The molecule has 1 aliphatic carbocycles. The van der Waals surface area contributed by atoms with E-state index in [2.05, 4.69) is 13.8 Å². The molecule has 0 unspecified atom stereocenters. The van der Waals surface area contributed by atoms with Gasteiger partial charge in [0.05, 0.1) is 6.10 Å². The molecular formula is C9H17O. The quantitative estimate of drug-likeness (QED) is 0.535. The molecule has 0 amide bonds. The number of hydrogen-bond acceptors (Lipinski definition) is 0. The average Bonchev–Trinajstić information content (AvgIpc) is 1.88. The molecule has 1 aliphatic rings. The third-order valence-electron chi connectivity index (χ3n) is 2.66. The molecule has 0 aromatic carbocycles. The van der Waals surface area contributed by atoms with Crippen LogP contribution < -0.4 is 0 Å². The summed E-state index contributed by atoms with van der Waals surface area (Å²) < 4.78 is 0. The standard InChI is InChI=1S/C9H17O/c1-7(2)8-3-5-9(10)6-4-8/h7-9H,3-6H2,1-2H3. The Balaban J connectivity index is 2.26. The molecule has 0 bridgehead atoms. The van der Waals surface area contributed by atoms with Crippen LogP contribution in [0.3, 0.4) is 0 Å². The van der Waals surface area contributed by atoms with Crippen molar-refractivity contribution in [2.24, 2.45) is 11.8 Å². The van der Waals surface area contributed by atoms with Gasteiger partial charge in [0.2, 0.25) is 0 Å². The van der Waals surface area contributed by atoms with E-state index in [0.29, 0.717) is 0 Å². The van der Waals surface area contributed by atoms with E-state index >= 15 is 0 Å². The van der Waals surface area contributed by atoms with Crippen LogP contribution in [0.4, 0.5) is 0 Å². The molecule has 1 fully saturated rings. The summed E-state index contributed by atoms with van der Waals surface area (Å²) in [5.41, 5.74) is 0. The topological polar surface area (TPSA) is 19.9 Å². The van der Waals surface area contributed by atoms with E-state index in [0.717, 1.165) is 24.7 Å². The summed E-state index contributed by atoms with van der Waals surface area (Å²) in [6, 6.07) is 0. The van der Waals surface area contributed by atoms with E-state index in [1.165, 1.54) is 12.8 Å². The Morgan fingerprint density at radius 3 is 2.00 bits per heavy atom. The van der Waals surface area contributed by atoms with Crippen LogP contribution in [0.2, 0.25) is 0 Å². The summed E-state index contributed by atoms with van der Waals surface area (Å²) in [6.07, 6.45) is 3.94. The van der Waals surface area contributed by atoms with Gasteiger partial charge in [-0.2, -0.15) is 0 Å². The first-order chi connectivity index (χ1) is 4.70. The molecule has 1 nitrogen and oxygen atoms in total. The van der Waals surface area contributed by atoms with E-state index in [1.807, 2.05) is 0 Å². The second-order valence-corrected chi connectivity index (χ2v) is 3.78. The lowest BCUT2D eigenvalue weighted by atomic mass is 9.81. The molecule has 0 aromatic rings. The molecule has 0 aliphatic heterocycles. The van der Waals surface area contributed by atoms with Crippen molar-refractivity contribution < 1.29 is 5.11 Å². The van der Waals surface area contributed by atoms with Crippen LogP contribution in [0.5, 0.6) is 0 Å². The average molecular weight is 141 g/mol. The summed E-state index contributed by atoms with van der Waals surface area (Å²) >= 11 is 0. The minimum atomic E-state index is -0.241. The zero-order valence-corrected chi connectivity index (χ0v) is 6.97. The number of hydrogen-bond donors (Lipinski definition) is 0. The Morgan fingerprint density at radius 2 is 1.60 bits per heavy atom. The van der Waals surface area contributed by atoms with Gasteiger partial charge in [0.1, 0.15) is 0 Å². The van der Waals surface area contributed by atoms with Gasteiger partial charge in [-0.05, 0) is 37.5 Å². The summed E-state index contributed by atoms with van der Waals surface area (Å²) in [5.74, 6) is 1.62. The highest BCUT2D eigenvalue weighted by molar-refractivity contribution is 4.72. The van der Waals surface area contributed by atoms with Gasteiger partial charge in [-0.25, -0.2) is 5.11 Å². The highest BCUT2D eigenvalue weighted by atomic mass is 16.3. The van der Waals surface area contributed by atoms with Gasteiger partial charge in [-0.3, -0.25) is 0 Å². The van der Waals surface area contributed by atoms with Gasteiger partial charge in [-0.1, -0.05) is 13.8 Å². The Hall–Kier alpha value is -0.0400. The lowest BCUT2D eigenvalue weighted by Gasteiger charge is -2.26. The van der Waals surface area contributed by atoms with E-state index in [1.54, 1.807) is 0 Å². The van der Waals surface area contributed by atoms with Gasteiger partial charge < -0.3 is 0 Å². The van der Waals surface area contributed by atoms with Crippen LogP contribution in [0, 0.1) is 11.8 Å². The Labute approximate surface area is 63.4 Å². The van der Waals surface area contributed by atoms with E-state index in [9.17, 15) is 5.11 Å². The third kappa shape index (κ3) is 1.98. The predicted molar refractivity (Wildman–Crippen MR) is 41.3 cm³/mol. The fraction of sp³-hybridized carbons (Fsp3) is 1.00. The summed E-state index contributed by atoms with van der Waals surface area (Å²) in [4.78, 5) is 0. The van der Waals surface area contributed by atoms with Crippen LogP contribution in [0.15, 0.2) is 0 Å². The molecule has 0 heterocycles. The molecule has 1 heteroatoms. The van der Waals surface area contributed by atoms with Crippen LogP contribution in [0.25, 0.3) is 0 Å². The van der Waals surface area contributed by atoms with Crippen molar-refractivity contribution in [2.45, 2.75) is 45.6 Å². The summed E-state index contributed by atoms with van der Waals surface area (Å²) in [7, 11) is 0. The van der Waals surface area contributed by atoms with Gasteiger partial charge in [0, 0.05) is 0 Å². The molecule has 0 aromatic heterocycles. The molecule has 1 saturated carbocycles. The Morgan fingerprint density at radius 1 is 1.10 bits per heavy atom. The first-order valence-electron chi connectivity index (χ1n) is 4.36. The SMILES string of the molecule is CC(C)C1CCC([O])CC1. The van der Waals surface area contributed by atoms with Crippen molar-refractivity contribution in [1.82, 2.24) is 0 Å². The van der Waals surface area contributed by atoms with Gasteiger partial charge in [-0.15, -0.1) is 0 Å². The van der Waals surface area contributed by atoms with Gasteiger partial charge >= 0.3 is 0 Å². The van der Waals surface area contributed by atoms with Crippen LogP contribution in [0.1, 0.15) is 39.5 Å². The fourth-order valence-electron chi connectivity index (χ4n) is 1.76. The molecule has 0 spiro atoms. The van der Waals surface area contributed by atoms with Crippen molar-refractivity contribution >= 4 is 0 Å². The molecule has 0 atom stereocenters. The second-order valence-electron chi connectivity index (χ2n) is 3.78. The van der Waals surface area contributed by atoms with Gasteiger partial charge in [0.15, 0.2) is 0 Å². The normalized spacial score (nSPS) is 34.8. The minimum absolute atomic E-state index is 0.241. The highest BCUT2D eigenvalue weighted by Gasteiger charge is 2.22. The first kappa shape index (κ1) is 8.06. The molecule has 1 rings (SSSR count). The first-order valence-corrected chi connectivity index (χ1v) is 4.36. The van der Waals surface area contributed by atoms with E-state index in [-0.39, 0.29) is 6.10 Å². The van der Waals surface area contributed by atoms with Crippen LogP contribution in [-0.2, 0) is 5.11 Å². The van der Waals surface area contributed by atoms with Crippen molar-refractivity contribution in [1.29, 1.82) is 0 Å². The van der Waals surface area contributed by atoms with Gasteiger partial charge in [0.25, 0.3) is 0 Å². The molecular weight excluding hydrogens is 124 g/mol. The maximum atomic E-state index is 10.9. The maximum Gasteiger partial charge on any atom is 0.0930 e. The molecule has 59 valence electrons. The van der Waals surface area contributed by atoms with Crippen molar-refractivity contribution in [2.75, 3.05) is 0 Å². The molecule has 0 saturated heterocycles. The lowest BCUT2D eigenvalue weighted by molar-refractivity contribution is 0.0356. The van der Waals surface area contributed by atoms with E-state index in [4.69, 9.17) is 0 Å². The zero-order valence-electron chi connectivity index (χ0n) is 6.97. The zero-order chi connectivity index (χ0) is 7.56. The summed E-state index contributed by atoms with van der Waals surface area (Å²) in [6.45, 7) is 4.52. The largest absolute Gasteiger partial charge is 0.233 e. The monoisotopic (exact) mass is 141 g/mol. The molecule has 1 radical (unpaired) electrons.